The molecule has 1 fully saturated rings. The van der Waals surface area contributed by atoms with Crippen LogP contribution in [0.25, 0.3) is 22.2 Å². The van der Waals surface area contributed by atoms with Gasteiger partial charge in [0.25, 0.3) is 0 Å². The molecule has 0 saturated carbocycles. The molecule has 2 aromatic heterocycles. The highest BCUT2D eigenvalue weighted by molar-refractivity contribution is 6.41. The number of rotatable bonds is 12. The number of aromatic nitrogens is 3. The zero-order chi connectivity index (χ0) is 27.1. The van der Waals surface area contributed by atoms with Crippen molar-refractivity contribution in [2.24, 2.45) is 0 Å². The number of fused-ring (bicyclic) bond motifs is 1. The van der Waals surface area contributed by atoms with Crippen molar-refractivity contribution in [3.05, 3.63) is 28.4 Å². The molecule has 1 atom stereocenters. The molecule has 0 aliphatic carbocycles. The number of methoxy groups -OCH3 is 2. The summed E-state index contributed by atoms with van der Waals surface area (Å²) in [6, 6.07) is 4.19. The molecular weight excluding hydrogens is 527 g/mol. The Hall–Kier alpha value is -2.59. The van der Waals surface area contributed by atoms with E-state index in [1.165, 1.54) is 0 Å². The van der Waals surface area contributed by atoms with E-state index in [0.717, 1.165) is 50.8 Å². The van der Waals surface area contributed by atoms with E-state index < -0.39 is 0 Å². The molecule has 206 valence electrons. The molecule has 11 heteroatoms. The predicted octanol–water partition coefficient (Wildman–Crippen LogP) is 5.80. The lowest BCUT2D eigenvalue weighted by Crippen LogP contribution is -2.30. The molecule has 1 saturated heterocycles. The zero-order valence-corrected chi connectivity index (χ0v) is 23.9. The topological polar surface area (TPSA) is 102 Å². The van der Waals surface area contributed by atoms with Crippen molar-refractivity contribution in [2.75, 3.05) is 51.2 Å². The average Bonchev–Trinajstić information content (AvgIpc) is 2.91. The quantitative estimate of drug-likeness (QED) is 0.236. The molecule has 3 aromatic rings. The molecule has 1 unspecified atom stereocenters. The molecule has 1 aliphatic heterocycles. The third-order valence-electron chi connectivity index (χ3n) is 6.34. The summed E-state index contributed by atoms with van der Waals surface area (Å²) in [5.74, 6) is 2.07. The van der Waals surface area contributed by atoms with Crippen molar-refractivity contribution in [1.82, 2.24) is 20.3 Å². The summed E-state index contributed by atoms with van der Waals surface area (Å²) in [6.07, 6.45) is 5.83. The minimum atomic E-state index is 0.181. The van der Waals surface area contributed by atoms with Crippen molar-refractivity contribution in [3.8, 4) is 22.8 Å². The van der Waals surface area contributed by atoms with Gasteiger partial charge < -0.3 is 30.2 Å². The molecule has 4 rings (SSSR count). The first-order chi connectivity index (χ1) is 18.4. The van der Waals surface area contributed by atoms with Gasteiger partial charge in [0.2, 0.25) is 5.95 Å². The summed E-state index contributed by atoms with van der Waals surface area (Å²) in [6.45, 7) is 7.43. The number of pyridine rings is 1. The van der Waals surface area contributed by atoms with E-state index in [2.05, 4.69) is 34.8 Å². The maximum Gasteiger partial charge on any atom is 0.223 e. The maximum absolute atomic E-state index is 6.72. The summed E-state index contributed by atoms with van der Waals surface area (Å²) in [5.41, 5.74) is 1.81. The van der Waals surface area contributed by atoms with Crippen LogP contribution in [-0.2, 0) is 4.74 Å². The summed E-state index contributed by atoms with van der Waals surface area (Å²) < 4.78 is 16.5. The molecule has 38 heavy (non-hydrogen) atoms. The molecule has 1 aromatic carbocycles. The lowest BCUT2D eigenvalue weighted by molar-refractivity contribution is 0.0874. The molecule has 1 aliphatic rings. The number of nitrogens with one attached hydrogen (secondary N) is 3. The summed E-state index contributed by atoms with van der Waals surface area (Å²) in [7, 11) is 3.10. The Morgan fingerprint density at radius 2 is 1.79 bits per heavy atom. The highest BCUT2D eigenvalue weighted by Gasteiger charge is 2.22. The standard InChI is InChI=1S/C27H36Cl2N6O3/c1-16(2)30-9-5-6-10-31-26-25-17(14-32-27(35-25)33-18-8-7-11-38-15-18)12-19(34-26)22-23(28)20(36-3)13-21(37-4)24(22)29/h12-14,16,18,30H,5-11,15H2,1-4H3,(H,31,34)(H,32,33,35). The molecule has 9 nitrogen and oxygen atoms in total. The Morgan fingerprint density at radius 3 is 2.45 bits per heavy atom. The number of anilines is 2. The van der Waals surface area contributed by atoms with Gasteiger partial charge in [-0.25, -0.2) is 15.0 Å². The number of halogens is 2. The van der Waals surface area contributed by atoms with Crippen LogP contribution in [-0.4, -0.2) is 67.6 Å². The van der Waals surface area contributed by atoms with E-state index in [9.17, 15) is 0 Å². The van der Waals surface area contributed by atoms with E-state index in [4.69, 9.17) is 47.4 Å². The van der Waals surface area contributed by atoms with E-state index in [1.807, 2.05) is 6.07 Å². The van der Waals surface area contributed by atoms with Crippen molar-refractivity contribution in [2.45, 2.75) is 51.6 Å². The zero-order valence-electron chi connectivity index (χ0n) is 22.4. The van der Waals surface area contributed by atoms with Crippen molar-refractivity contribution in [1.29, 1.82) is 0 Å². The number of hydrogen-bond acceptors (Lipinski definition) is 9. The van der Waals surface area contributed by atoms with Crippen LogP contribution in [0.4, 0.5) is 11.8 Å². The number of ether oxygens (including phenoxy) is 3. The average molecular weight is 564 g/mol. The third kappa shape index (κ3) is 6.88. The van der Waals surface area contributed by atoms with Crippen LogP contribution in [0.3, 0.4) is 0 Å². The molecule has 0 spiro atoms. The van der Waals surface area contributed by atoms with Gasteiger partial charge in [0.05, 0.1) is 42.6 Å². The smallest absolute Gasteiger partial charge is 0.223 e. The van der Waals surface area contributed by atoms with Crippen LogP contribution in [0.2, 0.25) is 10.0 Å². The fraction of sp³-hybridized carbons (Fsp3) is 0.519. The minimum Gasteiger partial charge on any atom is -0.495 e. The lowest BCUT2D eigenvalue weighted by atomic mass is 10.1. The van der Waals surface area contributed by atoms with E-state index >= 15 is 0 Å². The van der Waals surface area contributed by atoms with Gasteiger partial charge in [-0.15, -0.1) is 0 Å². The second-order valence-electron chi connectivity index (χ2n) is 9.57. The monoisotopic (exact) mass is 562 g/mol. The van der Waals surface area contributed by atoms with Gasteiger partial charge in [0, 0.05) is 42.4 Å². The van der Waals surface area contributed by atoms with Crippen LogP contribution in [0.15, 0.2) is 18.3 Å². The lowest BCUT2D eigenvalue weighted by Gasteiger charge is -2.23. The Bertz CT molecular complexity index is 1210. The minimum absolute atomic E-state index is 0.181. The molecule has 3 heterocycles. The number of unbranched alkanes of at least 4 members (excludes halogenated alkanes) is 1. The highest BCUT2D eigenvalue weighted by Crippen LogP contribution is 2.46. The largest absolute Gasteiger partial charge is 0.495 e. The summed E-state index contributed by atoms with van der Waals surface area (Å²) in [5, 5.41) is 11.8. The molecule has 0 bridgehead atoms. The summed E-state index contributed by atoms with van der Waals surface area (Å²) in [4.78, 5) is 14.3. The van der Waals surface area contributed by atoms with Crippen LogP contribution in [0.1, 0.15) is 39.5 Å². The maximum atomic E-state index is 6.72. The first kappa shape index (κ1) is 28.4. The second kappa shape index (κ2) is 13.5. The fourth-order valence-corrected chi connectivity index (χ4v) is 5.05. The van der Waals surface area contributed by atoms with Gasteiger partial charge in [0.15, 0.2) is 5.82 Å². The van der Waals surface area contributed by atoms with Crippen LogP contribution >= 0.6 is 23.2 Å². The fourth-order valence-electron chi connectivity index (χ4n) is 4.36. The Labute approximate surface area is 234 Å². The second-order valence-corrected chi connectivity index (χ2v) is 10.3. The van der Waals surface area contributed by atoms with Crippen molar-refractivity contribution < 1.29 is 14.2 Å². The molecule has 0 amide bonds. The molecule has 0 radical (unpaired) electrons. The number of hydrogen-bond donors (Lipinski definition) is 3. The highest BCUT2D eigenvalue weighted by atomic mass is 35.5. The number of benzene rings is 1. The normalized spacial score (nSPS) is 15.6. The first-order valence-corrected chi connectivity index (χ1v) is 13.8. The van der Waals surface area contributed by atoms with Gasteiger partial charge in [-0.3, -0.25) is 0 Å². The van der Waals surface area contributed by atoms with Crippen LogP contribution in [0, 0.1) is 0 Å². The first-order valence-electron chi connectivity index (χ1n) is 13.0. The van der Waals surface area contributed by atoms with E-state index in [-0.39, 0.29) is 6.04 Å². The van der Waals surface area contributed by atoms with Crippen LogP contribution in [0.5, 0.6) is 11.5 Å². The number of nitrogens with zero attached hydrogens (tertiary/aromatic N) is 3. The SMILES string of the molecule is COc1cc(OC)c(Cl)c(-c2cc3cnc(NC4CCCOC4)nc3c(NCCCCNC(C)C)n2)c1Cl. The Kier molecular flexibility index (Phi) is 10.1. The van der Waals surface area contributed by atoms with Gasteiger partial charge in [-0.2, -0.15) is 0 Å². The van der Waals surface area contributed by atoms with Gasteiger partial charge in [-0.05, 0) is 38.3 Å². The Balaban J connectivity index is 1.70. The van der Waals surface area contributed by atoms with E-state index in [1.54, 1.807) is 26.5 Å². The van der Waals surface area contributed by atoms with Crippen molar-refractivity contribution in [3.63, 3.8) is 0 Å². The van der Waals surface area contributed by atoms with Gasteiger partial charge >= 0.3 is 0 Å². The predicted molar refractivity (Wildman–Crippen MR) is 154 cm³/mol. The van der Waals surface area contributed by atoms with E-state index in [0.29, 0.717) is 62.7 Å². The molecular formula is C27H36Cl2N6O3. The van der Waals surface area contributed by atoms with Crippen LogP contribution < -0.4 is 25.4 Å². The third-order valence-corrected chi connectivity index (χ3v) is 7.09. The van der Waals surface area contributed by atoms with Gasteiger partial charge in [0.1, 0.15) is 17.0 Å². The molecule has 3 N–H and O–H groups in total. The van der Waals surface area contributed by atoms with Gasteiger partial charge in [-0.1, -0.05) is 37.0 Å². The van der Waals surface area contributed by atoms with Crippen molar-refractivity contribution >= 4 is 45.9 Å². The Morgan fingerprint density at radius 1 is 1.05 bits per heavy atom. The summed E-state index contributed by atoms with van der Waals surface area (Å²) >= 11 is 13.4.